The maximum atomic E-state index is 12.2. The minimum absolute atomic E-state index is 0.149. The number of hydrogen-bond acceptors (Lipinski definition) is 4. The minimum atomic E-state index is -3.71. The highest BCUT2D eigenvalue weighted by molar-refractivity contribution is 7.92. The van der Waals surface area contributed by atoms with Crippen molar-refractivity contribution in [2.24, 2.45) is 0 Å². The second-order valence-corrected chi connectivity index (χ2v) is 5.76. The molecule has 0 bridgehead atoms. The van der Waals surface area contributed by atoms with Crippen molar-refractivity contribution >= 4 is 21.7 Å². The number of carboxylic acids is 1. The van der Waals surface area contributed by atoms with E-state index < -0.39 is 16.0 Å². The molecule has 2 aromatic rings. The van der Waals surface area contributed by atoms with Crippen LogP contribution < -0.4 is 4.72 Å². The SMILES string of the molecule is Cc1ccccc1S(=O)(=O)Nc1ccc(C(=O)O)nc1. The van der Waals surface area contributed by atoms with Crippen LogP contribution in [0.4, 0.5) is 5.69 Å². The molecule has 1 aromatic carbocycles. The van der Waals surface area contributed by atoms with Crippen molar-refractivity contribution < 1.29 is 18.3 Å². The van der Waals surface area contributed by atoms with Gasteiger partial charge in [-0.25, -0.2) is 18.2 Å². The molecule has 0 aliphatic heterocycles. The summed E-state index contributed by atoms with van der Waals surface area (Å²) in [6.45, 7) is 1.69. The maximum Gasteiger partial charge on any atom is 0.354 e. The van der Waals surface area contributed by atoms with Crippen LogP contribution in [0.15, 0.2) is 47.5 Å². The third kappa shape index (κ3) is 2.94. The lowest BCUT2D eigenvalue weighted by Crippen LogP contribution is -2.14. The van der Waals surface area contributed by atoms with E-state index in [-0.39, 0.29) is 16.3 Å². The van der Waals surface area contributed by atoms with Gasteiger partial charge in [-0.2, -0.15) is 0 Å². The Kier molecular flexibility index (Phi) is 3.71. The summed E-state index contributed by atoms with van der Waals surface area (Å²) in [5.41, 5.74) is 0.678. The zero-order valence-corrected chi connectivity index (χ0v) is 11.4. The number of hydrogen-bond donors (Lipinski definition) is 2. The summed E-state index contributed by atoms with van der Waals surface area (Å²) in [5.74, 6) is -1.17. The smallest absolute Gasteiger partial charge is 0.354 e. The van der Waals surface area contributed by atoms with Crippen molar-refractivity contribution in [1.82, 2.24) is 4.98 Å². The van der Waals surface area contributed by atoms with Gasteiger partial charge in [0.15, 0.2) is 0 Å². The maximum absolute atomic E-state index is 12.2. The number of aryl methyl sites for hydroxylation is 1. The van der Waals surface area contributed by atoms with Crippen LogP contribution in [-0.4, -0.2) is 24.5 Å². The fourth-order valence-electron chi connectivity index (χ4n) is 1.65. The molecule has 0 aliphatic carbocycles. The molecule has 0 saturated heterocycles. The molecule has 0 amide bonds. The van der Waals surface area contributed by atoms with Gasteiger partial charge in [-0.1, -0.05) is 18.2 Å². The topological polar surface area (TPSA) is 96.4 Å². The second kappa shape index (κ2) is 5.30. The first kappa shape index (κ1) is 14.0. The molecule has 1 heterocycles. The van der Waals surface area contributed by atoms with E-state index in [1.807, 2.05) is 0 Å². The molecule has 0 atom stereocenters. The summed E-state index contributed by atoms with van der Waals surface area (Å²) >= 11 is 0. The molecule has 0 fully saturated rings. The summed E-state index contributed by atoms with van der Waals surface area (Å²) in [5, 5.41) is 8.72. The van der Waals surface area contributed by atoms with Gasteiger partial charge in [0, 0.05) is 0 Å². The van der Waals surface area contributed by atoms with E-state index in [0.29, 0.717) is 5.56 Å². The summed E-state index contributed by atoms with van der Waals surface area (Å²) in [4.78, 5) is 14.5. The quantitative estimate of drug-likeness (QED) is 0.897. The van der Waals surface area contributed by atoms with Gasteiger partial charge in [-0.15, -0.1) is 0 Å². The minimum Gasteiger partial charge on any atom is -0.477 e. The van der Waals surface area contributed by atoms with Gasteiger partial charge in [-0.05, 0) is 30.7 Å². The number of anilines is 1. The molecule has 0 aliphatic rings. The molecule has 104 valence electrons. The molecule has 1 aromatic heterocycles. The highest BCUT2D eigenvalue weighted by Gasteiger charge is 2.16. The van der Waals surface area contributed by atoms with E-state index in [9.17, 15) is 13.2 Å². The zero-order valence-electron chi connectivity index (χ0n) is 10.6. The molecule has 6 nitrogen and oxygen atoms in total. The first-order valence-electron chi connectivity index (χ1n) is 5.68. The number of aromatic carboxylic acids is 1. The van der Waals surface area contributed by atoms with Crippen molar-refractivity contribution in [2.75, 3.05) is 4.72 Å². The average molecular weight is 292 g/mol. The number of pyridine rings is 1. The van der Waals surface area contributed by atoms with E-state index in [1.165, 1.54) is 24.4 Å². The molecular formula is C13H12N2O4S. The Hall–Kier alpha value is -2.41. The van der Waals surface area contributed by atoms with Gasteiger partial charge in [0.25, 0.3) is 10.0 Å². The van der Waals surface area contributed by atoms with Crippen LogP contribution in [0.1, 0.15) is 16.1 Å². The third-order valence-corrected chi connectivity index (χ3v) is 4.16. The second-order valence-electron chi connectivity index (χ2n) is 4.11. The van der Waals surface area contributed by atoms with Gasteiger partial charge in [0.05, 0.1) is 16.8 Å². The van der Waals surface area contributed by atoms with E-state index in [4.69, 9.17) is 5.11 Å². The molecule has 20 heavy (non-hydrogen) atoms. The number of benzene rings is 1. The number of carbonyl (C=O) groups is 1. The Balaban J connectivity index is 2.29. The number of nitrogens with zero attached hydrogens (tertiary/aromatic N) is 1. The van der Waals surface area contributed by atoms with E-state index in [1.54, 1.807) is 25.1 Å². The van der Waals surface area contributed by atoms with E-state index >= 15 is 0 Å². The molecule has 0 unspecified atom stereocenters. The summed E-state index contributed by atoms with van der Waals surface area (Å²) in [6.07, 6.45) is 1.17. The first-order valence-corrected chi connectivity index (χ1v) is 7.16. The van der Waals surface area contributed by atoms with Crippen LogP contribution in [0.3, 0.4) is 0 Å². The van der Waals surface area contributed by atoms with Crippen molar-refractivity contribution in [3.05, 3.63) is 53.9 Å². The predicted octanol–water partition coefficient (Wildman–Crippen LogP) is 1.89. The highest BCUT2D eigenvalue weighted by Crippen LogP contribution is 2.18. The van der Waals surface area contributed by atoms with Crippen LogP contribution in [0.2, 0.25) is 0 Å². The Morgan fingerprint density at radius 1 is 1.20 bits per heavy atom. The van der Waals surface area contributed by atoms with Gasteiger partial charge in [-0.3, -0.25) is 4.72 Å². The zero-order chi connectivity index (χ0) is 14.8. The number of carboxylic acid groups (broad SMARTS) is 1. The normalized spacial score (nSPS) is 11.1. The summed E-state index contributed by atoms with van der Waals surface area (Å²) in [6, 6.07) is 9.16. The number of nitrogens with one attached hydrogen (secondary N) is 1. The number of rotatable bonds is 4. The lowest BCUT2D eigenvalue weighted by Gasteiger charge is -2.09. The molecule has 0 spiro atoms. The summed E-state index contributed by atoms with van der Waals surface area (Å²) in [7, 11) is -3.71. The van der Waals surface area contributed by atoms with Gasteiger partial charge in [0.1, 0.15) is 5.69 Å². The fraction of sp³-hybridized carbons (Fsp3) is 0.0769. The van der Waals surface area contributed by atoms with Crippen molar-refractivity contribution in [3.63, 3.8) is 0 Å². The average Bonchev–Trinajstić information content (AvgIpc) is 2.39. The molecular weight excluding hydrogens is 280 g/mol. The van der Waals surface area contributed by atoms with Crippen molar-refractivity contribution in [2.45, 2.75) is 11.8 Å². The van der Waals surface area contributed by atoms with Crippen LogP contribution in [0.5, 0.6) is 0 Å². The highest BCUT2D eigenvalue weighted by atomic mass is 32.2. The molecule has 2 N–H and O–H groups in total. The lowest BCUT2D eigenvalue weighted by atomic mass is 10.2. The molecule has 0 saturated carbocycles. The standard InChI is InChI=1S/C13H12N2O4S/c1-9-4-2-3-5-12(9)20(18,19)15-10-6-7-11(13(16)17)14-8-10/h2-8,15H,1H3,(H,16,17). The molecule has 2 rings (SSSR count). The van der Waals surface area contributed by atoms with Crippen LogP contribution in [-0.2, 0) is 10.0 Å². The summed E-state index contributed by atoms with van der Waals surface area (Å²) < 4.78 is 26.7. The monoisotopic (exact) mass is 292 g/mol. The van der Waals surface area contributed by atoms with Gasteiger partial charge in [0.2, 0.25) is 0 Å². The Morgan fingerprint density at radius 3 is 2.45 bits per heavy atom. The van der Waals surface area contributed by atoms with Crippen LogP contribution >= 0.6 is 0 Å². The van der Waals surface area contributed by atoms with Crippen molar-refractivity contribution in [3.8, 4) is 0 Å². The van der Waals surface area contributed by atoms with E-state index in [0.717, 1.165) is 0 Å². The Labute approximate surface area is 116 Å². The molecule has 7 heteroatoms. The van der Waals surface area contributed by atoms with Gasteiger partial charge >= 0.3 is 5.97 Å². The predicted molar refractivity (Wildman–Crippen MR) is 73.2 cm³/mol. The van der Waals surface area contributed by atoms with Crippen molar-refractivity contribution in [1.29, 1.82) is 0 Å². The fourth-order valence-corrected chi connectivity index (χ4v) is 2.94. The molecule has 0 radical (unpaired) electrons. The van der Waals surface area contributed by atoms with Crippen LogP contribution in [0.25, 0.3) is 0 Å². The Morgan fingerprint density at radius 2 is 1.90 bits per heavy atom. The lowest BCUT2D eigenvalue weighted by molar-refractivity contribution is 0.0690. The number of sulfonamides is 1. The Bertz CT molecular complexity index is 739. The van der Waals surface area contributed by atoms with E-state index in [2.05, 4.69) is 9.71 Å². The first-order chi connectivity index (χ1) is 9.40. The van der Waals surface area contributed by atoms with Gasteiger partial charge < -0.3 is 5.11 Å². The largest absolute Gasteiger partial charge is 0.477 e. The third-order valence-electron chi connectivity index (χ3n) is 2.62. The van der Waals surface area contributed by atoms with Crippen LogP contribution in [0, 0.1) is 6.92 Å². The number of aromatic nitrogens is 1.